The molecule has 3 rings (SSSR count). The second kappa shape index (κ2) is 11.3. The summed E-state index contributed by atoms with van der Waals surface area (Å²) in [7, 11) is -0.359. The number of hydrogen-bond donors (Lipinski definition) is 0. The van der Waals surface area contributed by atoms with E-state index in [1.165, 1.54) is 0 Å². The topological polar surface area (TPSA) is 80.3 Å². The van der Waals surface area contributed by atoms with E-state index >= 15 is 0 Å². The zero-order chi connectivity index (χ0) is 22.1. The minimum absolute atomic E-state index is 0.199. The van der Waals surface area contributed by atoms with E-state index in [0.29, 0.717) is 49.9 Å². The highest BCUT2D eigenvalue weighted by molar-refractivity contribution is 6.61. The molecule has 1 saturated heterocycles. The third-order valence-corrected chi connectivity index (χ3v) is 4.63. The van der Waals surface area contributed by atoms with Crippen LogP contribution >= 0.6 is 0 Å². The zero-order valence-electron chi connectivity index (χ0n) is 17.5. The van der Waals surface area contributed by atoms with Crippen LogP contribution < -0.4 is 14.9 Å². The van der Waals surface area contributed by atoms with Crippen LogP contribution in [-0.4, -0.2) is 45.5 Å². The summed E-state index contributed by atoms with van der Waals surface area (Å²) in [6.07, 6.45) is 1.82. The quantitative estimate of drug-likeness (QED) is 0.251. The number of ether oxygens (including phenoxy) is 3. The van der Waals surface area contributed by atoms with Gasteiger partial charge in [-0.2, -0.15) is 0 Å². The third-order valence-electron chi connectivity index (χ3n) is 4.63. The number of benzene rings is 2. The summed E-state index contributed by atoms with van der Waals surface area (Å²) in [6, 6.07) is 13.8. The van der Waals surface area contributed by atoms with Crippen molar-refractivity contribution < 1.29 is 33.1 Å². The van der Waals surface area contributed by atoms with Gasteiger partial charge in [-0.15, -0.1) is 0 Å². The lowest BCUT2D eigenvalue weighted by Gasteiger charge is -2.13. The van der Waals surface area contributed by atoms with Crippen molar-refractivity contribution in [1.29, 1.82) is 0 Å². The maximum absolute atomic E-state index is 12.4. The first-order valence-corrected chi connectivity index (χ1v) is 10.1. The summed E-state index contributed by atoms with van der Waals surface area (Å²) in [4.78, 5) is 23.4. The molecule has 0 aliphatic carbocycles. The van der Waals surface area contributed by atoms with Crippen molar-refractivity contribution in [2.75, 3.05) is 26.4 Å². The molecule has 0 saturated carbocycles. The number of carbonyl (C=O) groups excluding carboxylic acids is 2. The van der Waals surface area contributed by atoms with Gasteiger partial charge in [0, 0.05) is 6.08 Å². The van der Waals surface area contributed by atoms with E-state index in [2.05, 4.69) is 6.58 Å². The number of esters is 2. The van der Waals surface area contributed by atoms with E-state index in [0.717, 1.165) is 11.5 Å². The van der Waals surface area contributed by atoms with Crippen molar-refractivity contribution in [2.24, 2.45) is 5.92 Å². The Morgan fingerprint density at radius 2 is 1.71 bits per heavy atom. The minimum atomic E-state index is -0.454. The molecule has 2 aromatic carbocycles. The molecule has 1 fully saturated rings. The van der Waals surface area contributed by atoms with Gasteiger partial charge in [-0.05, 0) is 54.2 Å². The maximum Gasteiger partial charge on any atom is 0.494 e. The Kier molecular flexibility index (Phi) is 8.26. The van der Waals surface area contributed by atoms with Crippen molar-refractivity contribution in [3.63, 3.8) is 0 Å². The predicted octanol–water partition coefficient (Wildman–Crippen LogP) is 2.78. The van der Waals surface area contributed by atoms with Gasteiger partial charge < -0.3 is 23.5 Å². The third kappa shape index (κ3) is 6.98. The maximum atomic E-state index is 12.4. The van der Waals surface area contributed by atoms with Crippen molar-refractivity contribution in [3.05, 3.63) is 66.7 Å². The normalized spacial score (nSPS) is 14.0. The molecule has 2 aromatic rings. The Balaban J connectivity index is 1.44. The Hall–Kier alpha value is -3.10. The van der Waals surface area contributed by atoms with Crippen molar-refractivity contribution >= 4 is 24.5 Å². The lowest BCUT2D eigenvalue weighted by atomic mass is 9.79. The second-order valence-corrected chi connectivity index (χ2v) is 7.13. The number of hydrogen-bond acceptors (Lipinski definition) is 7. The summed E-state index contributed by atoms with van der Waals surface area (Å²) < 4.78 is 27.0. The van der Waals surface area contributed by atoms with Crippen LogP contribution in [-0.2, 0) is 18.8 Å². The number of rotatable bonds is 10. The molecule has 0 N–H and O–H groups in total. The van der Waals surface area contributed by atoms with Crippen LogP contribution in [0.25, 0.3) is 0 Å². The van der Waals surface area contributed by atoms with E-state index in [-0.39, 0.29) is 13.0 Å². The van der Waals surface area contributed by atoms with Crippen LogP contribution in [0, 0.1) is 5.92 Å². The van der Waals surface area contributed by atoms with Crippen LogP contribution in [0.1, 0.15) is 23.7 Å². The smallest absolute Gasteiger partial charge is 0.493 e. The lowest BCUT2D eigenvalue weighted by Crippen LogP contribution is -2.31. The largest absolute Gasteiger partial charge is 0.494 e. The molecule has 8 heteroatoms. The summed E-state index contributed by atoms with van der Waals surface area (Å²) in [6.45, 7) is 7.30. The summed E-state index contributed by atoms with van der Waals surface area (Å²) in [5.41, 5.74) is 1.30. The molecule has 0 radical (unpaired) electrons. The molecule has 0 aromatic heterocycles. The highest BCUT2D eigenvalue weighted by Crippen LogP contribution is 2.17. The second-order valence-electron chi connectivity index (χ2n) is 7.13. The SMILES string of the molecule is C=CC(=O)OCC[C@@H](C)COc1ccc(C(=O)Oc2ccc(B3OCCO3)cc2)cc1. The fourth-order valence-electron chi connectivity index (χ4n) is 2.84. The van der Waals surface area contributed by atoms with Crippen LogP contribution in [0.5, 0.6) is 11.5 Å². The molecular formula is C23H25BO7. The van der Waals surface area contributed by atoms with Crippen molar-refractivity contribution in [2.45, 2.75) is 13.3 Å². The van der Waals surface area contributed by atoms with E-state index in [1.807, 2.05) is 19.1 Å². The van der Waals surface area contributed by atoms with Gasteiger partial charge >= 0.3 is 19.1 Å². The van der Waals surface area contributed by atoms with Gasteiger partial charge in [0.05, 0.1) is 32.0 Å². The Labute approximate surface area is 182 Å². The summed E-state index contributed by atoms with van der Waals surface area (Å²) >= 11 is 0. The van der Waals surface area contributed by atoms with E-state index < -0.39 is 11.9 Å². The molecule has 1 aliphatic rings. The van der Waals surface area contributed by atoms with Crippen LogP contribution in [0.4, 0.5) is 0 Å². The standard InChI is InChI=1S/C23H25BO7/c1-3-22(25)27-13-12-17(2)16-28-20-8-4-18(5-9-20)23(26)31-21-10-6-19(7-11-21)24-29-14-15-30-24/h3-11,17H,1,12-16H2,2H3/t17-/m1/s1. The van der Waals surface area contributed by atoms with Gasteiger partial charge in [0.1, 0.15) is 11.5 Å². The van der Waals surface area contributed by atoms with Gasteiger partial charge in [0.2, 0.25) is 0 Å². The molecule has 0 amide bonds. The Bertz CT molecular complexity index is 874. The van der Waals surface area contributed by atoms with Crippen molar-refractivity contribution in [3.8, 4) is 11.5 Å². The van der Waals surface area contributed by atoms with Gasteiger partial charge in [-0.1, -0.05) is 25.6 Å². The van der Waals surface area contributed by atoms with Crippen LogP contribution in [0.15, 0.2) is 61.2 Å². The van der Waals surface area contributed by atoms with Crippen molar-refractivity contribution in [1.82, 2.24) is 0 Å². The molecule has 162 valence electrons. The zero-order valence-corrected chi connectivity index (χ0v) is 17.5. The van der Waals surface area contributed by atoms with Gasteiger partial charge in [0.15, 0.2) is 0 Å². The molecular weight excluding hydrogens is 399 g/mol. The number of carbonyl (C=O) groups is 2. The fourth-order valence-corrected chi connectivity index (χ4v) is 2.84. The average Bonchev–Trinajstić information content (AvgIpc) is 3.33. The Morgan fingerprint density at radius 1 is 1.06 bits per heavy atom. The van der Waals surface area contributed by atoms with E-state index in [9.17, 15) is 9.59 Å². The van der Waals surface area contributed by atoms with Gasteiger partial charge in [-0.3, -0.25) is 0 Å². The monoisotopic (exact) mass is 424 g/mol. The summed E-state index contributed by atoms with van der Waals surface area (Å²) in [5, 5.41) is 0. The molecule has 0 spiro atoms. The first-order chi connectivity index (χ1) is 15.0. The van der Waals surface area contributed by atoms with E-state index in [1.54, 1.807) is 36.4 Å². The molecule has 1 atom stereocenters. The fraction of sp³-hybridized carbons (Fsp3) is 0.304. The Morgan fingerprint density at radius 3 is 2.35 bits per heavy atom. The molecule has 31 heavy (non-hydrogen) atoms. The molecule has 1 aliphatic heterocycles. The van der Waals surface area contributed by atoms with Gasteiger partial charge in [0.25, 0.3) is 0 Å². The van der Waals surface area contributed by atoms with E-state index in [4.69, 9.17) is 23.5 Å². The molecule has 0 bridgehead atoms. The minimum Gasteiger partial charge on any atom is -0.493 e. The summed E-state index contributed by atoms with van der Waals surface area (Å²) in [5.74, 6) is 0.407. The van der Waals surface area contributed by atoms with Crippen LogP contribution in [0.2, 0.25) is 0 Å². The lowest BCUT2D eigenvalue weighted by molar-refractivity contribution is -0.138. The van der Waals surface area contributed by atoms with Crippen LogP contribution in [0.3, 0.4) is 0 Å². The first-order valence-electron chi connectivity index (χ1n) is 10.1. The highest BCUT2D eigenvalue weighted by Gasteiger charge is 2.26. The first kappa shape index (κ1) is 22.6. The predicted molar refractivity (Wildman–Crippen MR) is 116 cm³/mol. The molecule has 7 nitrogen and oxygen atoms in total. The molecule has 1 heterocycles. The average molecular weight is 424 g/mol. The molecule has 0 unspecified atom stereocenters. The highest BCUT2D eigenvalue weighted by atomic mass is 16.6. The van der Waals surface area contributed by atoms with Gasteiger partial charge in [-0.25, -0.2) is 9.59 Å².